The SMILES string of the molecule is CC1OCCCC1C(=O)Nc1cc(-c2cccs2)nn1CCO. The van der Waals surface area contributed by atoms with E-state index in [0.29, 0.717) is 12.4 Å². The zero-order valence-electron chi connectivity index (χ0n) is 13.1. The Bertz CT molecular complexity index is 654. The first-order valence-corrected chi connectivity index (χ1v) is 8.72. The number of ether oxygens (including phenoxy) is 1. The van der Waals surface area contributed by atoms with Gasteiger partial charge in [0.15, 0.2) is 0 Å². The number of aliphatic hydroxyl groups is 1. The normalized spacial score (nSPS) is 21.3. The zero-order chi connectivity index (χ0) is 16.2. The third kappa shape index (κ3) is 3.63. The zero-order valence-corrected chi connectivity index (χ0v) is 13.9. The molecule has 23 heavy (non-hydrogen) atoms. The van der Waals surface area contributed by atoms with Gasteiger partial charge in [-0.25, -0.2) is 4.68 Å². The van der Waals surface area contributed by atoms with Gasteiger partial charge >= 0.3 is 0 Å². The van der Waals surface area contributed by atoms with Crippen LogP contribution in [0.15, 0.2) is 23.6 Å². The minimum absolute atomic E-state index is 0.0304. The molecule has 2 unspecified atom stereocenters. The highest BCUT2D eigenvalue weighted by molar-refractivity contribution is 7.13. The van der Waals surface area contributed by atoms with Crippen molar-refractivity contribution >= 4 is 23.1 Å². The summed E-state index contributed by atoms with van der Waals surface area (Å²) in [5.74, 6) is 0.422. The molecule has 1 aliphatic rings. The Hall–Kier alpha value is -1.70. The molecular formula is C16H21N3O3S. The summed E-state index contributed by atoms with van der Waals surface area (Å²) in [4.78, 5) is 13.6. The lowest BCUT2D eigenvalue weighted by atomic mass is 9.94. The van der Waals surface area contributed by atoms with Crippen LogP contribution >= 0.6 is 11.3 Å². The summed E-state index contributed by atoms with van der Waals surface area (Å²) >= 11 is 1.59. The van der Waals surface area contributed by atoms with E-state index in [1.165, 1.54) is 0 Å². The van der Waals surface area contributed by atoms with Crippen LogP contribution in [0.4, 0.5) is 5.82 Å². The van der Waals surface area contributed by atoms with Gasteiger partial charge in [-0.2, -0.15) is 5.10 Å². The summed E-state index contributed by atoms with van der Waals surface area (Å²) < 4.78 is 7.21. The number of thiophene rings is 1. The lowest BCUT2D eigenvalue weighted by Gasteiger charge is -2.28. The largest absolute Gasteiger partial charge is 0.394 e. The number of carbonyl (C=O) groups is 1. The summed E-state index contributed by atoms with van der Waals surface area (Å²) in [7, 11) is 0. The number of carbonyl (C=O) groups excluding carboxylic acids is 1. The third-order valence-corrected chi connectivity index (χ3v) is 4.95. The van der Waals surface area contributed by atoms with Crippen molar-refractivity contribution in [2.24, 2.45) is 5.92 Å². The van der Waals surface area contributed by atoms with Crippen LogP contribution in [0.5, 0.6) is 0 Å². The van der Waals surface area contributed by atoms with E-state index in [1.807, 2.05) is 30.5 Å². The maximum atomic E-state index is 12.5. The van der Waals surface area contributed by atoms with Crippen molar-refractivity contribution < 1.29 is 14.6 Å². The Morgan fingerprint density at radius 3 is 3.17 bits per heavy atom. The highest BCUT2D eigenvalue weighted by Gasteiger charge is 2.29. The second-order valence-electron chi connectivity index (χ2n) is 5.65. The van der Waals surface area contributed by atoms with Crippen molar-refractivity contribution in [1.82, 2.24) is 9.78 Å². The molecule has 0 aliphatic carbocycles. The van der Waals surface area contributed by atoms with Gasteiger partial charge in [0.05, 0.1) is 30.1 Å². The van der Waals surface area contributed by atoms with Crippen molar-refractivity contribution in [1.29, 1.82) is 0 Å². The average molecular weight is 335 g/mol. The Labute approximate surface area is 139 Å². The number of rotatable bonds is 5. The van der Waals surface area contributed by atoms with Crippen molar-refractivity contribution in [2.75, 3.05) is 18.5 Å². The molecule has 2 N–H and O–H groups in total. The molecule has 2 atom stereocenters. The van der Waals surface area contributed by atoms with Crippen LogP contribution in [-0.4, -0.2) is 40.1 Å². The minimum atomic E-state index is -0.147. The van der Waals surface area contributed by atoms with E-state index in [1.54, 1.807) is 16.0 Å². The van der Waals surface area contributed by atoms with Gasteiger partial charge in [0.2, 0.25) is 5.91 Å². The molecular weight excluding hydrogens is 314 g/mol. The standard InChI is InChI=1S/C16H21N3O3S/c1-11-12(4-2-8-22-11)16(21)17-15-10-13(14-5-3-9-23-14)18-19(15)6-7-20/h3,5,9-12,20H,2,4,6-8H2,1H3,(H,17,21). The fourth-order valence-corrected chi connectivity index (χ4v) is 3.50. The summed E-state index contributed by atoms with van der Waals surface area (Å²) in [6.45, 7) is 2.97. The number of nitrogens with one attached hydrogen (secondary N) is 1. The molecule has 2 aromatic heterocycles. The molecule has 0 radical (unpaired) electrons. The molecule has 0 spiro atoms. The molecule has 3 rings (SSSR count). The second kappa shape index (κ2) is 7.25. The molecule has 1 fully saturated rings. The Morgan fingerprint density at radius 1 is 1.61 bits per heavy atom. The first kappa shape index (κ1) is 16.2. The van der Waals surface area contributed by atoms with Crippen molar-refractivity contribution in [2.45, 2.75) is 32.4 Å². The molecule has 6 nitrogen and oxygen atoms in total. The summed E-state index contributed by atoms with van der Waals surface area (Å²) in [5.41, 5.74) is 0.802. The predicted octanol–water partition coefficient (Wildman–Crippen LogP) is 2.36. The second-order valence-corrected chi connectivity index (χ2v) is 6.60. The van der Waals surface area contributed by atoms with Crippen molar-refractivity contribution in [3.8, 4) is 10.6 Å². The molecule has 0 bridgehead atoms. The number of aliphatic hydroxyl groups excluding tert-OH is 1. The van der Waals surface area contributed by atoms with Gasteiger partial charge in [-0.1, -0.05) is 6.07 Å². The summed E-state index contributed by atoms with van der Waals surface area (Å²) in [5, 5.41) is 18.6. The van der Waals surface area contributed by atoms with Crippen LogP contribution in [0.3, 0.4) is 0 Å². The van der Waals surface area contributed by atoms with E-state index >= 15 is 0 Å². The number of aromatic nitrogens is 2. The molecule has 1 aliphatic heterocycles. The molecule has 1 saturated heterocycles. The van der Waals surface area contributed by atoms with Crippen molar-refractivity contribution in [3.63, 3.8) is 0 Å². The Morgan fingerprint density at radius 2 is 2.48 bits per heavy atom. The number of hydrogen-bond donors (Lipinski definition) is 2. The van der Waals surface area contributed by atoms with Gasteiger partial charge < -0.3 is 15.2 Å². The molecule has 1 amide bonds. The predicted molar refractivity (Wildman–Crippen MR) is 89.4 cm³/mol. The maximum Gasteiger partial charge on any atom is 0.231 e. The van der Waals surface area contributed by atoms with Gasteiger partial charge in [-0.3, -0.25) is 4.79 Å². The lowest BCUT2D eigenvalue weighted by Crippen LogP contribution is -2.36. The average Bonchev–Trinajstić information content (AvgIpc) is 3.18. The van der Waals surface area contributed by atoms with E-state index in [4.69, 9.17) is 4.74 Å². The van der Waals surface area contributed by atoms with Gasteiger partial charge in [-0.15, -0.1) is 11.3 Å². The van der Waals surface area contributed by atoms with Crippen LogP contribution in [0.2, 0.25) is 0 Å². The smallest absolute Gasteiger partial charge is 0.231 e. The highest BCUT2D eigenvalue weighted by atomic mass is 32.1. The van der Waals surface area contributed by atoms with Gasteiger partial charge in [0, 0.05) is 12.7 Å². The first-order chi connectivity index (χ1) is 11.2. The summed E-state index contributed by atoms with van der Waals surface area (Å²) in [6, 6.07) is 5.80. The van der Waals surface area contributed by atoms with Gasteiger partial charge in [-0.05, 0) is 31.2 Å². The number of hydrogen-bond acceptors (Lipinski definition) is 5. The van der Waals surface area contributed by atoms with E-state index in [0.717, 1.165) is 30.0 Å². The first-order valence-electron chi connectivity index (χ1n) is 7.84. The quantitative estimate of drug-likeness (QED) is 0.879. The fourth-order valence-electron chi connectivity index (χ4n) is 2.81. The monoisotopic (exact) mass is 335 g/mol. The third-order valence-electron chi connectivity index (χ3n) is 4.06. The van der Waals surface area contributed by atoms with Crippen molar-refractivity contribution in [3.05, 3.63) is 23.6 Å². The number of anilines is 1. The maximum absolute atomic E-state index is 12.5. The van der Waals surface area contributed by atoms with E-state index in [-0.39, 0.29) is 24.5 Å². The topological polar surface area (TPSA) is 76.4 Å². The number of amides is 1. The Balaban J connectivity index is 1.79. The Kier molecular flexibility index (Phi) is 5.09. The van der Waals surface area contributed by atoms with E-state index < -0.39 is 0 Å². The molecule has 124 valence electrons. The molecule has 0 saturated carbocycles. The summed E-state index contributed by atoms with van der Waals surface area (Å²) in [6.07, 6.45) is 1.66. The number of nitrogens with zero attached hydrogens (tertiary/aromatic N) is 2. The van der Waals surface area contributed by atoms with Crippen LogP contribution < -0.4 is 5.32 Å². The van der Waals surface area contributed by atoms with E-state index in [2.05, 4.69) is 10.4 Å². The minimum Gasteiger partial charge on any atom is -0.394 e. The van der Waals surface area contributed by atoms with Crippen LogP contribution in [-0.2, 0) is 16.1 Å². The molecule has 7 heteroatoms. The van der Waals surface area contributed by atoms with Gasteiger partial charge in [0.25, 0.3) is 0 Å². The molecule has 3 heterocycles. The van der Waals surface area contributed by atoms with Crippen LogP contribution in [0.1, 0.15) is 19.8 Å². The van der Waals surface area contributed by atoms with Crippen LogP contribution in [0, 0.1) is 5.92 Å². The van der Waals surface area contributed by atoms with Crippen LogP contribution in [0.25, 0.3) is 10.6 Å². The lowest BCUT2D eigenvalue weighted by molar-refractivity contribution is -0.127. The molecule has 2 aromatic rings. The highest BCUT2D eigenvalue weighted by Crippen LogP contribution is 2.27. The molecule has 0 aromatic carbocycles. The van der Waals surface area contributed by atoms with E-state index in [9.17, 15) is 9.90 Å². The van der Waals surface area contributed by atoms with Gasteiger partial charge in [0.1, 0.15) is 11.5 Å². The fraction of sp³-hybridized carbons (Fsp3) is 0.500.